The summed E-state index contributed by atoms with van der Waals surface area (Å²) in [5.74, 6) is -2.71. The second-order valence-electron chi connectivity index (χ2n) is 8.35. The molecule has 174 valence electrons. The normalized spacial score (nSPS) is 14.9. The van der Waals surface area contributed by atoms with E-state index in [2.05, 4.69) is 17.4 Å². The number of ether oxygens (including phenoxy) is 2. The quantitative estimate of drug-likeness (QED) is 0.409. The van der Waals surface area contributed by atoms with Gasteiger partial charge >= 0.3 is 11.9 Å². The number of Topliss-reactive ketones (excluding diaryl/α,β-unsaturated/α-hetero) is 1. The van der Waals surface area contributed by atoms with E-state index in [1.165, 1.54) is 21.1 Å². The second-order valence-corrected chi connectivity index (χ2v) is 8.35. The number of carbonyl (C=O) groups is 3. The highest BCUT2D eigenvalue weighted by molar-refractivity contribution is 5.98. The number of nitrogens with one attached hydrogen (secondary N) is 1. The molecule has 0 saturated carbocycles. The molecule has 3 aromatic rings. The van der Waals surface area contributed by atoms with Gasteiger partial charge < -0.3 is 9.47 Å². The summed E-state index contributed by atoms with van der Waals surface area (Å²) in [6, 6.07) is 24.9. The van der Waals surface area contributed by atoms with E-state index < -0.39 is 29.4 Å². The van der Waals surface area contributed by atoms with Gasteiger partial charge in [0.15, 0.2) is 0 Å². The van der Waals surface area contributed by atoms with E-state index >= 15 is 0 Å². The van der Waals surface area contributed by atoms with Crippen molar-refractivity contribution >= 4 is 17.7 Å². The molecule has 0 amide bonds. The van der Waals surface area contributed by atoms with Crippen molar-refractivity contribution in [3.8, 4) is 11.1 Å². The highest BCUT2D eigenvalue weighted by Gasteiger charge is 2.47. The molecule has 1 aliphatic rings. The third kappa shape index (κ3) is 3.90. The van der Waals surface area contributed by atoms with Gasteiger partial charge in [-0.2, -0.15) is 0 Å². The molecular formula is C28H27NO5. The van der Waals surface area contributed by atoms with Gasteiger partial charge in [-0.25, -0.2) is 0 Å². The van der Waals surface area contributed by atoms with Gasteiger partial charge in [0.1, 0.15) is 17.7 Å². The second kappa shape index (κ2) is 9.61. The van der Waals surface area contributed by atoms with E-state index in [0.717, 1.165) is 27.8 Å². The number of esters is 2. The number of carbonyl (C=O) groups excluding carboxylic acids is 3. The third-order valence-corrected chi connectivity index (χ3v) is 6.48. The first-order valence-electron chi connectivity index (χ1n) is 11.1. The molecular weight excluding hydrogens is 430 g/mol. The monoisotopic (exact) mass is 457 g/mol. The van der Waals surface area contributed by atoms with Crippen LogP contribution >= 0.6 is 0 Å². The molecule has 0 radical (unpaired) electrons. The predicted molar refractivity (Wildman–Crippen MR) is 128 cm³/mol. The number of fused-ring (bicyclic) bond motifs is 3. The number of benzene rings is 3. The summed E-state index contributed by atoms with van der Waals surface area (Å²) in [5, 5.41) is 3.54. The van der Waals surface area contributed by atoms with Crippen LogP contribution in [0.15, 0.2) is 78.9 Å². The summed E-state index contributed by atoms with van der Waals surface area (Å²) < 4.78 is 9.95. The summed E-state index contributed by atoms with van der Waals surface area (Å²) in [4.78, 5) is 37.7. The van der Waals surface area contributed by atoms with Gasteiger partial charge in [0.05, 0.1) is 19.8 Å². The summed E-state index contributed by atoms with van der Waals surface area (Å²) in [5.41, 5.74) is 4.09. The van der Waals surface area contributed by atoms with Gasteiger partial charge in [0, 0.05) is 0 Å². The maximum absolute atomic E-state index is 13.0. The molecule has 2 atom stereocenters. The summed E-state index contributed by atoms with van der Waals surface area (Å²) in [6.07, 6.45) is -0.0897. The van der Waals surface area contributed by atoms with Crippen molar-refractivity contribution < 1.29 is 23.9 Å². The molecule has 0 heterocycles. The third-order valence-electron chi connectivity index (χ3n) is 6.48. The van der Waals surface area contributed by atoms with Crippen molar-refractivity contribution in [2.45, 2.75) is 24.9 Å². The van der Waals surface area contributed by atoms with Crippen molar-refractivity contribution in [3.05, 3.63) is 95.6 Å². The number of hydrogen-bond donors (Lipinski definition) is 1. The molecule has 4 rings (SSSR count). The molecule has 0 aliphatic heterocycles. The van der Waals surface area contributed by atoms with Crippen molar-refractivity contribution in [2.24, 2.45) is 5.92 Å². The Labute approximate surface area is 198 Å². The fourth-order valence-corrected chi connectivity index (χ4v) is 4.90. The van der Waals surface area contributed by atoms with Crippen LogP contribution in [0.5, 0.6) is 0 Å². The Kier molecular flexibility index (Phi) is 6.61. The average molecular weight is 458 g/mol. The zero-order valence-corrected chi connectivity index (χ0v) is 19.4. The number of hydrogen-bond acceptors (Lipinski definition) is 6. The Morgan fingerprint density at radius 1 is 0.765 bits per heavy atom. The Morgan fingerprint density at radius 2 is 1.26 bits per heavy atom. The maximum Gasteiger partial charge on any atom is 0.322 e. The van der Waals surface area contributed by atoms with Crippen molar-refractivity contribution in [2.75, 3.05) is 14.2 Å². The molecule has 34 heavy (non-hydrogen) atoms. The van der Waals surface area contributed by atoms with E-state index in [4.69, 9.17) is 9.47 Å². The van der Waals surface area contributed by atoms with Crippen molar-refractivity contribution in [1.82, 2.24) is 5.32 Å². The van der Waals surface area contributed by atoms with E-state index in [9.17, 15) is 14.4 Å². The predicted octanol–water partition coefficient (Wildman–Crippen LogP) is 3.86. The zero-order chi connectivity index (χ0) is 24.3. The molecule has 1 unspecified atom stereocenters. The summed E-state index contributed by atoms with van der Waals surface area (Å²) >= 11 is 0. The van der Waals surface area contributed by atoms with Gasteiger partial charge in [-0.1, -0.05) is 78.9 Å². The number of ketones is 1. The first-order valence-corrected chi connectivity index (χ1v) is 11.1. The van der Waals surface area contributed by atoms with Crippen LogP contribution in [-0.2, 0) is 29.4 Å². The van der Waals surface area contributed by atoms with Crippen molar-refractivity contribution in [3.63, 3.8) is 0 Å². The summed E-state index contributed by atoms with van der Waals surface area (Å²) in [6.45, 7) is 1.32. The topological polar surface area (TPSA) is 81.7 Å². The fraction of sp³-hybridized carbons (Fsp3) is 0.250. The van der Waals surface area contributed by atoms with Crippen LogP contribution in [0, 0.1) is 5.92 Å². The molecule has 0 saturated heterocycles. The number of methoxy groups -OCH3 is 2. The SMILES string of the molecule is COC(=O)C(C[C@H](NC1(c2ccccc2)c2ccccc2-c2ccccc21)C(=O)OC)C(C)=O. The molecule has 6 heteroatoms. The lowest BCUT2D eigenvalue weighted by atomic mass is 9.79. The minimum atomic E-state index is -1.10. The van der Waals surface area contributed by atoms with Gasteiger partial charge in [-0.3, -0.25) is 19.7 Å². The minimum absolute atomic E-state index is 0.0897. The first-order chi connectivity index (χ1) is 16.4. The molecule has 0 spiro atoms. The smallest absolute Gasteiger partial charge is 0.322 e. The molecule has 6 nitrogen and oxygen atoms in total. The average Bonchev–Trinajstić information content (AvgIpc) is 3.16. The molecule has 1 aliphatic carbocycles. The molecule has 0 bridgehead atoms. The van der Waals surface area contributed by atoms with Gasteiger partial charge in [0.25, 0.3) is 0 Å². The standard InChI is InChI=1S/C28H27NO5/c1-18(30)22(26(31)33-2)17-25(27(32)34-3)29-28(19-11-5-4-6-12-19)23-15-9-7-13-20(23)21-14-8-10-16-24(21)28/h4-16,22,25,29H,17H2,1-3H3/t22?,25-/m0/s1. The largest absolute Gasteiger partial charge is 0.468 e. The Bertz CT molecular complexity index is 1170. The maximum atomic E-state index is 13.0. The molecule has 1 N–H and O–H groups in total. The summed E-state index contributed by atoms with van der Waals surface area (Å²) in [7, 11) is 2.53. The Balaban J connectivity index is 1.92. The lowest BCUT2D eigenvalue weighted by Gasteiger charge is -2.37. The van der Waals surface area contributed by atoms with Crippen molar-refractivity contribution in [1.29, 1.82) is 0 Å². The van der Waals surface area contributed by atoms with Crippen LogP contribution < -0.4 is 5.32 Å². The van der Waals surface area contributed by atoms with Crippen LogP contribution in [-0.4, -0.2) is 38.0 Å². The molecule has 0 aromatic heterocycles. The lowest BCUT2D eigenvalue weighted by Crippen LogP contribution is -2.53. The minimum Gasteiger partial charge on any atom is -0.468 e. The van der Waals surface area contributed by atoms with E-state index in [1.807, 2.05) is 66.7 Å². The van der Waals surface area contributed by atoms with Crippen LogP contribution in [0.3, 0.4) is 0 Å². The Hall–Kier alpha value is -3.77. The van der Waals surface area contributed by atoms with E-state index in [-0.39, 0.29) is 12.2 Å². The number of rotatable bonds is 8. The zero-order valence-electron chi connectivity index (χ0n) is 19.4. The highest BCUT2D eigenvalue weighted by atomic mass is 16.5. The van der Waals surface area contributed by atoms with E-state index in [0.29, 0.717) is 0 Å². The Morgan fingerprint density at radius 3 is 1.76 bits per heavy atom. The highest BCUT2D eigenvalue weighted by Crippen LogP contribution is 2.51. The lowest BCUT2D eigenvalue weighted by molar-refractivity contribution is -0.151. The fourth-order valence-electron chi connectivity index (χ4n) is 4.90. The molecule has 0 fully saturated rings. The van der Waals surface area contributed by atoms with Gasteiger partial charge in [-0.05, 0) is 41.2 Å². The van der Waals surface area contributed by atoms with Crippen LogP contribution in [0.1, 0.15) is 30.0 Å². The van der Waals surface area contributed by atoms with Crippen LogP contribution in [0.25, 0.3) is 11.1 Å². The van der Waals surface area contributed by atoms with E-state index in [1.54, 1.807) is 0 Å². The van der Waals surface area contributed by atoms with Crippen LogP contribution in [0.4, 0.5) is 0 Å². The molecule has 3 aromatic carbocycles. The van der Waals surface area contributed by atoms with Gasteiger partial charge in [0.2, 0.25) is 0 Å². The van der Waals surface area contributed by atoms with Gasteiger partial charge in [-0.15, -0.1) is 0 Å². The van der Waals surface area contributed by atoms with Crippen LogP contribution in [0.2, 0.25) is 0 Å². The first kappa shape index (κ1) is 23.4.